The molecule has 6 heteroatoms. The van der Waals surface area contributed by atoms with Crippen LogP contribution < -0.4 is 15.4 Å². The minimum Gasteiger partial charge on any atom is -0.494 e. The molecule has 0 radical (unpaired) electrons. The summed E-state index contributed by atoms with van der Waals surface area (Å²) in [6.07, 6.45) is 2.48. The maximum atomic E-state index is 12.9. The van der Waals surface area contributed by atoms with E-state index in [1.54, 1.807) is 11.9 Å². The zero-order valence-electron chi connectivity index (χ0n) is 16.8. The smallest absolute Gasteiger partial charge is 0.258 e. The molecule has 0 spiro atoms. The molecule has 6 nitrogen and oxygen atoms in total. The van der Waals surface area contributed by atoms with Gasteiger partial charge in [0, 0.05) is 30.2 Å². The van der Waals surface area contributed by atoms with Gasteiger partial charge in [-0.3, -0.25) is 4.79 Å². The predicted molar refractivity (Wildman–Crippen MR) is 113 cm³/mol. The Morgan fingerprint density at radius 3 is 2.55 bits per heavy atom. The fourth-order valence-corrected chi connectivity index (χ4v) is 3.92. The molecule has 2 aromatic carbocycles. The Hall–Kier alpha value is -2.67. The van der Waals surface area contributed by atoms with Crippen molar-refractivity contribution < 1.29 is 19.0 Å². The second-order valence-electron chi connectivity index (χ2n) is 7.14. The molecule has 152 valence electrons. The number of nitrogens with two attached hydrogens (primary N) is 1. The zero-order valence-corrected chi connectivity index (χ0v) is 16.8. The van der Waals surface area contributed by atoms with Crippen LogP contribution in [0.15, 0.2) is 42.5 Å². The zero-order chi connectivity index (χ0) is 20.4. The molecule has 2 aliphatic heterocycles. The van der Waals surface area contributed by atoms with E-state index in [0.29, 0.717) is 38.4 Å². The van der Waals surface area contributed by atoms with E-state index < -0.39 is 5.79 Å². The topological polar surface area (TPSA) is 74.0 Å². The van der Waals surface area contributed by atoms with E-state index in [9.17, 15) is 4.79 Å². The van der Waals surface area contributed by atoms with Crippen molar-refractivity contribution in [1.82, 2.24) is 0 Å². The standard InChI is InChI=1S/C23H26N2O4/c1-3-27-18-7-4-16(5-8-18)14-20-19-15-17(6-9-21(19)25(2)22(20)26)23(10-11-24)28-12-13-29-23/h4-9,14-15H,3,10-13,24H2,1-2H3/b20-14-. The molecule has 1 amide bonds. The molecule has 0 aromatic heterocycles. The Morgan fingerprint density at radius 1 is 1.17 bits per heavy atom. The minimum absolute atomic E-state index is 0.0350. The molecule has 2 N–H and O–H groups in total. The molecular weight excluding hydrogens is 368 g/mol. The highest BCUT2D eigenvalue weighted by molar-refractivity contribution is 6.35. The molecule has 0 bridgehead atoms. The van der Waals surface area contributed by atoms with Crippen LogP contribution in [0.25, 0.3) is 11.6 Å². The molecule has 1 saturated heterocycles. The maximum Gasteiger partial charge on any atom is 0.258 e. The van der Waals surface area contributed by atoms with Crippen molar-refractivity contribution >= 4 is 23.2 Å². The molecule has 0 atom stereocenters. The summed E-state index contributed by atoms with van der Waals surface area (Å²) in [6.45, 7) is 4.08. The highest BCUT2D eigenvalue weighted by atomic mass is 16.7. The lowest BCUT2D eigenvalue weighted by Gasteiger charge is -2.28. The van der Waals surface area contributed by atoms with Crippen molar-refractivity contribution in [3.05, 3.63) is 59.2 Å². The van der Waals surface area contributed by atoms with Crippen molar-refractivity contribution in [2.75, 3.05) is 38.3 Å². The van der Waals surface area contributed by atoms with E-state index in [1.807, 2.05) is 55.5 Å². The number of ether oxygens (including phenoxy) is 3. The van der Waals surface area contributed by atoms with E-state index in [2.05, 4.69) is 0 Å². The van der Waals surface area contributed by atoms with Crippen LogP contribution in [0, 0.1) is 0 Å². The SMILES string of the molecule is CCOc1ccc(/C=C2\C(=O)N(C)c3ccc(C4(CCN)OCCO4)cc32)cc1. The van der Waals surface area contributed by atoms with Gasteiger partial charge in [-0.15, -0.1) is 0 Å². The van der Waals surface area contributed by atoms with Gasteiger partial charge in [0.05, 0.1) is 25.5 Å². The van der Waals surface area contributed by atoms with Crippen LogP contribution in [0.3, 0.4) is 0 Å². The van der Waals surface area contributed by atoms with Crippen molar-refractivity contribution in [1.29, 1.82) is 0 Å². The first-order valence-electron chi connectivity index (χ1n) is 9.93. The average Bonchev–Trinajstić information content (AvgIpc) is 3.30. The van der Waals surface area contributed by atoms with Gasteiger partial charge in [-0.05, 0) is 49.4 Å². The van der Waals surface area contributed by atoms with E-state index in [0.717, 1.165) is 28.1 Å². The van der Waals surface area contributed by atoms with Gasteiger partial charge >= 0.3 is 0 Å². The third kappa shape index (κ3) is 3.55. The Bertz CT molecular complexity index is 930. The first-order valence-corrected chi connectivity index (χ1v) is 9.93. The molecule has 2 aromatic rings. The molecule has 2 heterocycles. The van der Waals surface area contributed by atoms with Crippen LogP contribution in [-0.2, 0) is 20.1 Å². The molecule has 0 unspecified atom stereocenters. The summed E-state index contributed by atoms with van der Waals surface area (Å²) >= 11 is 0. The van der Waals surface area contributed by atoms with Gasteiger partial charge in [0.1, 0.15) is 5.75 Å². The van der Waals surface area contributed by atoms with Crippen molar-refractivity contribution in [2.24, 2.45) is 5.73 Å². The van der Waals surface area contributed by atoms with Gasteiger partial charge in [-0.25, -0.2) is 0 Å². The van der Waals surface area contributed by atoms with E-state index in [1.165, 1.54) is 0 Å². The van der Waals surface area contributed by atoms with E-state index >= 15 is 0 Å². The number of likely N-dealkylation sites (N-methyl/N-ethyl adjacent to an activating group) is 1. The number of nitrogens with zero attached hydrogens (tertiary/aromatic N) is 1. The quantitative estimate of drug-likeness (QED) is 0.762. The molecule has 4 rings (SSSR count). The van der Waals surface area contributed by atoms with Crippen molar-refractivity contribution in [3.8, 4) is 5.75 Å². The van der Waals surface area contributed by atoms with Crippen LogP contribution in [-0.4, -0.2) is 39.3 Å². The Balaban J connectivity index is 1.74. The molecule has 2 aliphatic rings. The van der Waals surface area contributed by atoms with Crippen LogP contribution in [0.4, 0.5) is 5.69 Å². The first kappa shape index (κ1) is 19.6. The van der Waals surface area contributed by atoms with E-state index in [4.69, 9.17) is 19.9 Å². The summed E-state index contributed by atoms with van der Waals surface area (Å²) in [6, 6.07) is 13.6. The number of anilines is 1. The number of hydrogen-bond donors (Lipinski definition) is 1. The fraction of sp³-hybridized carbons (Fsp3) is 0.348. The summed E-state index contributed by atoms with van der Waals surface area (Å²) < 4.78 is 17.4. The van der Waals surface area contributed by atoms with Crippen molar-refractivity contribution in [2.45, 2.75) is 19.1 Å². The number of carbonyl (C=O) groups excluding carboxylic acids is 1. The van der Waals surface area contributed by atoms with Crippen LogP contribution in [0.1, 0.15) is 30.0 Å². The normalized spacial score (nSPS) is 19.1. The second-order valence-corrected chi connectivity index (χ2v) is 7.14. The molecule has 0 saturated carbocycles. The summed E-state index contributed by atoms with van der Waals surface area (Å²) in [4.78, 5) is 14.6. The lowest BCUT2D eigenvalue weighted by molar-refractivity contribution is -0.168. The predicted octanol–water partition coefficient (Wildman–Crippen LogP) is 3.15. The van der Waals surface area contributed by atoms with Gasteiger partial charge in [0.25, 0.3) is 5.91 Å². The number of fused-ring (bicyclic) bond motifs is 1. The van der Waals surface area contributed by atoms with Gasteiger partial charge < -0.3 is 24.8 Å². The number of amides is 1. The highest BCUT2D eigenvalue weighted by Crippen LogP contribution is 2.42. The Morgan fingerprint density at radius 2 is 1.90 bits per heavy atom. The minimum atomic E-state index is -0.835. The number of rotatable bonds is 6. The average molecular weight is 394 g/mol. The van der Waals surface area contributed by atoms with E-state index in [-0.39, 0.29) is 5.91 Å². The van der Waals surface area contributed by atoms with Gasteiger partial charge in [-0.2, -0.15) is 0 Å². The molecule has 0 aliphatic carbocycles. The van der Waals surface area contributed by atoms with Crippen LogP contribution >= 0.6 is 0 Å². The largest absolute Gasteiger partial charge is 0.494 e. The van der Waals surface area contributed by atoms with Crippen LogP contribution in [0.2, 0.25) is 0 Å². The molecular formula is C23H26N2O4. The fourth-order valence-electron chi connectivity index (χ4n) is 3.92. The van der Waals surface area contributed by atoms with Gasteiger partial charge in [0.15, 0.2) is 5.79 Å². The van der Waals surface area contributed by atoms with Gasteiger partial charge in [0.2, 0.25) is 0 Å². The summed E-state index contributed by atoms with van der Waals surface area (Å²) in [5.74, 6) is -0.0586. The maximum absolute atomic E-state index is 12.9. The van der Waals surface area contributed by atoms with Crippen molar-refractivity contribution in [3.63, 3.8) is 0 Å². The lowest BCUT2D eigenvalue weighted by atomic mass is 9.96. The van der Waals surface area contributed by atoms with Crippen LogP contribution in [0.5, 0.6) is 5.75 Å². The molecule has 1 fully saturated rings. The number of carbonyl (C=O) groups is 1. The summed E-state index contributed by atoms with van der Waals surface area (Å²) in [5.41, 5.74) is 10.0. The summed E-state index contributed by atoms with van der Waals surface area (Å²) in [7, 11) is 1.79. The first-order chi connectivity index (χ1) is 14.1. The number of benzene rings is 2. The third-order valence-corrected chi connectivity index (χ3v) is 5.35. The molecule has 29 heavy (non-hydrogen) atoms. The Labute approximate surface area is 170 Å². The highest BCUT2D eigenvalue weighted by Gasteiger charge is 2.40. The second kappa shape index (κ2) is 7.99. The third-order valence-electron chi connectivity index (χ3n) is 5.35. The number of hydrogen-bond acceptors (Lipinski definition) is 5. The lowest BCUT2D eigenvalue weighted by Crippen LogP contribution is -2.30. The monoisotopic (exact) mass is 394 g/mol. The van der Waals surface area contributed by atoms with Gasteiger partial charge in [-0.1, -0.05) is 18.2 Å². The summed E-state index contributed by atoms with van der Waals surface area (Å²) in [5, 5.41) is 0. The Kier molecular flexibility index (Phi) is 5.41.